The summed E-state index contributed by atoms with van der Waals surface area (Å²) in [5.41, 5.74) is 0.754. The van der Waals surface area contributed by atoms with Crippen molar-refractivity contribution in [2.24, 2.45) is 0 Å². The highest BCUT2D eigenvalue weighted by Gasteiger charge is 2.25. The molecule has 2 atom stereocenters. The predicted molar refractivity (Wildman–Crippen MR) is 75.0 cm³/mol. The van der Waals surface area contributed by atoms with Crippen LogP contribution in [0.25, 0.3) is 0 Å². The van der Waals surface area contributed by atoms with E-state index in [1.165, 1.54) is 18.4 Å². The second-order valence-corrected chi connectivity index (χ2v) is 7.63. The molecule has 0 saturated carbocycles. The van der Waals surface area contributed by atoms with Gasteiger partial charge in [-0.2, -0.15) is 0 Å². The molecule has 2 unspecified atom stereocenters. The smallest absolute Gasteiger partial charge is 0.151 e. The fourth-order valence-electron chi connectivity index (χ4n) is 1.74. The quantitative estimate of drug-likeness (QED) is 0.895. The van der Waals surface area contributed by atoms with Gasteiger partial charge >= 0.3 is 0 Å². The normalized spacial score (nSPS) is 15.4. The first-order chi connectivity index (χ1) is 8.25. The average Bonchev–Trinajstić information content (AvgIpc) is 2.28. The van der Waals surface area contributed by atoms with Crippen molar-refractivity contribution < 1.29 is 12.8 Å². The lowest BCUT2D eigenvalue weighted by Gasteiger charge is -2.22. The van der Waals surface area contributed by atoms with Gasteiger partial charge < -0.3 is 5.32 Å². The van der Waals surface area contributed by atoms with Crippen LogP contribution in [0.5, 0.6) is 0 Å². The zero-order chi connectivity index (χ0) is 13.9. The lowest BCUT2D eigenvalue weighted by atomic mass is 10.0. The van der Waals surface area contributed by atoms with E-state index >= 15 is 0 Å². The van der Waals surface area contributed by atoms with Crippen molar-refractivity contribution in [1.29, 1.82) is 0 Å². The molecule has 0 aromatic heterocycles. The Labute approximate surface area is 116 Å². The summed E-state index contributed by atoms with van der Waals surface area (Å²) in [6.45, 7) is 1.66. The Morgan fingerprint density at radius 3 is 2.56 bits per heavy atom. The van der Waals surface area contributed by atoms with Gasteiger partial charge in [0.05, 0.1) is 5.25 Å². The van der Waals surface area contributed by atoms with E-state index in [1.807, 2.05) is 0 Å². The second kappa shape index (κ2) is 6.12. The van der Waals surface area contributed by atoms with Crippen LogP contribution < -0.4 is 5.32 Å². The first kappa shape index (κ1) is 15.6. The standard InChI is InChI=1S/C12H17BrFNO2S/c1-8(18(3,16)17)12(15-2)7-9-6-10(14)4-5-11(9)13/h4-6,8,12,15H,7H2,1-3H3. The number of rotatable bonds is 5. The van der Waals surface area contributed by atoms with Crippen LogP contribution in [0.2, 0.25) is 0 Å². The highest BCUT2D eigenvalue weighted by molar-refractivity contribution is 9.10. The SMILES string of the molecule is CNC(Cc1cc(F)ccc1Br)C(C)S(C)(=O)=O. The number of benzene rings is 1. The fraction of sp³-hybridized carbons (Fsp3) is 0.500. The van der Waals surface area contributed by atoms with Gasteiger partial charge in [-0.15, -0.1) is 0 Å². The molecule has 0 fully saturated rings. The van der Waals surface area contributed by atoms with E-state index in [-0.39, 0.29) is 11.9 Å². The van der Waals surface area contributed by atoms with Gasteiger partial charge in [0.25, 0.3) is 0 Å². The highest BCUT2D eigenvalue weighted by atomic mass is 79.9. The largest absolute Gasteiger partial charge is 0.315 e. The molecule has 0 aliphatic carbocycles. The second-order valence-electron chi connectivity index (χ2n) is 4.37. The summed E-state index contributed by atoms with van der Waals surface area (Å²) >= 11 is 3.34. The molecular weight excluding hydrogens is 321 g/mol. The van der Waals surface area contributed by atoms with E-state index in [1.54, 1.807) is 20.0 Å². The van der Waals surface area contributed by atoms with Gasteiger partial charge in [0.2, 0.25) is 0 Å². The van der Waals surface area contributed by atoms with E-state index in [4.69, 9.17) is 0 Å². The van der Waals surface area contributed by atoms with Crippen LogP contribution >= 0.6 is 15.9 Å². The van der Waals surface area contributed by atoms with E-state index in [9.17, 15) is 12.8 Å². The van der Waals surface area contributed by atoms with Gasteiger partial charge in [0.1, 0.15) is 5.82 Å². The van der Waals surface area contributed by atoms with Crippen molar-refractivity contribution in [3.63, 3.8) is 0 Å². The van der Waals surface area contributed by atoms with Crippen LogP contribution in [0.15, 0.2) is 22.7 Å². The molecule has 3 nitrogen and oxygen atoms in total. The Bertz CT molecular complexity index is 519. The van der Waals surface area contributed by atoms with Crippen LogP contribution in [-0.4, -0.2) is 33.0 Å². The lowest BCUT2D eigenvalue weighted by Crippen LogP contribution is -2.42. The Balaban J connectivity index is 2.96. The van der Waals surface area contributed by atoms with Crippen molar-refractivity contribution in [2.75, 3.05) is 13.3 Å². The maximum atomic E-state index is 13.2. The molecule has 0 amide bonds. The monoisotopic (exact) mass is 337 g/mol. The first-order valence-electron chi connectivity index (χ1n) is 5.55. The number of hydrogen-bond donors (Lipinski definition) is 1. The Kier molecular flexibility index (Phi) is 5.31. The average molecular weight is 338 g/mol. The number of halogens is 2. The molecule has 0 heterocycles. The van der Waals surface area contributed by atoms with Crippen molar-refractivity contribution in [2.45, 2.75) is 24.6 Å². The number of sulfone groups is 1. The van der Waals surface area contributed by atoms with Crippen molar-refractivity contribution >= 4 is 25.8 Å². The summed E-state index contributed by atoms with van der Waals surface area (Å²) in [5.74, 6) is -0.324. The molecule has 0 saturated heterocycles. The van der Waals surface area contributed by atoms with E-state index in [2.05, 4.69) is 21.2 Å². The van der Waals surface area contributed by atoms with Gasteiger partial charge in [-0.3, -0.25) is 0 Å². The van der Waals surface area contributed by atoms with Gasteiger partial charge in [-0.1, -0.05) is 15.9 Å². The maximum Gasteiger partial charge on any atom is 0.151 e. The zero-order valence-electron chi connectivity index (χ0n) is 10.6. The van der Waals surface area contributed by atoms with Crippen molar-refractivity contribution in [1.82, 2.24) is 5.32 Å². The van der Waals surface area contributed by atoms with Crippen molar-refractivity contribution in [3.05, 3.63) is 34.1 Å². The summed E-state index contributed by atoms with van der Waals surface area (Å²) in [6, 6.07) is 4.16. The minimum atomic E-state index is -3.13. The molecule has 0 bridgehead atoms. The molecule has 1 rings (SSSR count). The van der Waals surface area contributed by atoms with E-state index < -0.39 is 15.1 Å². The van der Waals surface area contributed by atoms with E-state index in [0.717, 1.165) is 10.0 Å². The number of nitrogens with one attached hydrogen (secondary N) is 1. The van der Waals surface area contributed by atoms with Crippen LogP contribution in [0.1, 0.15) is 12.5 Å². The first-order valence-corrected chi connectivity index (χ1v) is 8.30. The number of likely N-dealkylation sites (N-methyl/N-ethyl adjacent to an activating group) is 1. The van der Waals surface area contributed by atoms with Crippen LogP contribution in [0, 0.1) is 5.82 Å². The Morgan fingerprint density at radius 1 is 1.44 bits per heavy atom. The summed E-state index contributed by atoms with van der Waals surface area (Å²) < 4.78 is 37.1. The maximum absolute atomic E-state index is 13.2. The van der Waals surface area contributed by atoms with Crippen LogP contribution in [-0.2, 0) is 16.3 Å². The van der Waals surface area contributed by atoms with Gasteiger partial charge in [-0.25, -0.2) is 12.8 Å². The topological polar surface area (TPSA) is 46.2 Å². The van der Waals surface area contributed by atoms with Gasteiger partial charge in [-0.05, 0) is 44.2 Å². The minimum absolute atomic E-state index is 0.252. The molecule has 0 radical (unpaired) electrons. The predicted octanol–water partition coefficient (Wildman–Crippen LogP) is 2.15. The molecule has 102 valence electrons. The summed E-state index contributed by atoms with van der Waals surface area (Å²) in [4.78, 5) is 0. The van der Waals surface area contributed by atoms with Gasteiger partial charge in [0, 0.05) is 16.8 Å². The summed E-state index contributed by atoms with van der Waals surface area (Å²) in [5, 5.41) is 2.45. The molecule has 0 aliphatic rings. The third-order valence-corrected chi connectivity index (χ3v) is 5.51. The zero-order valence-corrected chi connectivity index (χ0v) is 13.0. The third kappa shape index (κ3) is 4.03. The summed E-state index contributed by atoms with van der Waals surface area (Å²) in [6.07, 6.45) is 1.66. The highest BCUT2D eigenvalue weighted by Crippen LogP contribution is 2.21. The minimum Gasteiger partial charge on any atom is -0.315 e. The molecule has 1 aromatic rings. The van der Waals surface area contributed by atoms with Crippen LogP contribution in [0.4, 0.5) is 4.39 Å². The van der Waals surface area contributed by atoms with Crippen LogP contribution in [0.3, 0.4) is 0 Å². The molecule has 0 spiro atoms. The number of hydrogen-bond acceptors (Lipinski definition) is 3. The molecular formula is C12H17BrFNO2S. The third-order valence-electron chi connectivity index (χ3n) is 3.06. The molecule has 1 aromatic carbocycles. The molecule has 18 heavy (non-hydrogen) atoms. The Hall–Kier alpha value is -0.460. The molecule has 1 N–H and O–H groups in total. The summed E-state index contributed by atoms with van der Waals surface area (Å²) in [7, 11) is -1.42. The Morgan fingerprint density at radius 2 is 2.06 bits per heavy atom. The van der Waals surface area contributed by atoms with E-state index in [0.29, 0.717) is 6.42 Å². The molecule has 0 aliphatic heterocycles. The molecule has 6 heteroatoms. The lowest BCUT2D eigenvalue weighted by molar-refractivity contribution is 0.514. The van der Waals surface area contributed by atoms with Gasteiger partial charge in [0.15, 0.2) is 9.84 Å². The van der Waals surface area contributed by atoms with Crippen molar-refractivity contribution in [3.8, 4) is 0 Å². The fourth-order valence-corrected chi connectivity index (χ4v) is 2.98.